The van der Waals surface area contributed by atoms with Gasteiger partial charge in [-0.3, -0.25) is 19.7 Å². The van der Waals surface area contributed by atoms with E-state index in [4.69, 9.17) is 0 Å². The molecule has 1 atom stereocenters. The molecule has 1 saturated heterocycles. The van der Waals surface area contributed by atoms with Crippen molar-refractivity contribution in [2.45, 2.75) is 25.4 Å². The van der Waals surface area contributed by atoms with Gasteiger partial charge in [0.2, 0.25) is 11.8 Å². The van der Waals surface area contributed by atoms with Crippen molar-refractivity contribution >= 4 is 29.1 Å². The molecule has 2 aliphatic rings. The first kappa shape index (κ1) is 17.8. The van der Waals surface area contributed by atoms with Crippen LogP contribution in [0.5, 0.6) is 0 Å². The topological polar surface area (TPSA) is 79.4 Å². The Labute approximate surface area is 171 Å². The van der Waals surface area contributed by atoms with E-state index in [1.165, 1.54) is 0 Å². The highest BCUT2D eigenvalue weighted by atomic mass is 32.1. The van der Waals surface area contributed by atoms with E-state index in [-0.39, 0.29) is 18.2 Å². The fourth-order valence-corrected chi connectivity index (χ4v) is 4.78. The first-order chi connectivity index (χ1) is 14.1. The molecule has 2 aromatic carbocycles. The van der Waals surface area contributed by atoms with Crippen molar-refractivity contribution in [1.29, 1.82) is 0 Å². The van der Waals surface area contributed by atoms with E-state index >= 15 is 0 Å². The monoisotopic (exact) mass is 403 g/mol. The molecule has 0 spiro atoms. The highest BCUT2D eigenvalue weighted by molar-refractivity contribution is 7.13. The third kappa shape index (κ3) is 3.03. The van der Waals surface area contributed by atoms with E-state index in [9.17, 15) is 14.4 Å². The summed E-state index contributed by atoms with van der Waals surface area (Å²) < 4.78 is 0. The van der Waals surface area contributed by atoms with E-state index < -0.39 is 11.9 Å². The molecular weight excluding hydrogens is 386 g/mol. The number of amides is 3. The van der Waals surface area contributed by atoms with Gasteiger partial charge >= 0.3 is 0 Å². The number of thiazole rings is 1. The van der Waals surface area contributed by atoms with Gasteiger partial charge in [0.05, 0.1) is 16.1 Å². The van der Waals surface area contributed by atoms with E-state index in [0.717, 1.165) is 27.3 Å². The maximum absolute atomic E-state index is 12.9. The standard InChI is InChI=1S/C22H17N3O3S/c26-18-9-8-17(21(27)24-18)25-11-15-10-14(6-7-16(15)22(25)28)20-19(23-12-29-20)13-4-2-1-3-5-13/h1-7,10,12,17H,8-9,11H2,(H,24,26,27). The Morgan fingerprint density at radius 2 is 1.86 bits per heavy atom. The van der Waals surface area contributed by atoms with Gasteiger partial charge in [0, 0.05) is 24.1 Å². The summed E-state index contributed by atoms with van der Waals surface area (Å²) in [4.78, 5) is 43.6. The van der Waals surface area contributed by atoms with E-state index in [1.54, 1.807) is 16.2 Å². The molecule has 5 rings (SSSR count). The van der Waals surface area contributed by atoms with E-state index in [2.05, 4.69) is 10.3 Å². The fraction of sp³-hybridized carbons (Fsp3) is 0.182. The highest BCUT2D eigenvalue weighted by Crippen LogP contribution is 2.37. The van der Waals surface area contributed by atoms with Gasteiger partial charge in [-0.1, -0.05) is 36.4 Å². The first-order valence-electron chi connectivity index (χ1n) is 9.38. The minimum absolute atomic E-state index is 0.159. The quantitative estimate of drug-likeness (QED) is 0.681. The molecule has 1 aromatic heterocycles. The second kappa shape index (κ2) is 6.93. The number of benzene rings is 2. The number of fused-ring (bicyclic) bond motifs is 1. The average molecular weight is 403 g/mol. The number of imide groups is 1. The van der Waals surface area contributed by atoms with Crippen molar-refractivity contribution in [3.63, 3.8) is 0 Å². The van der Waals surface area contributed by atoms with Crippen LogP contribution in [0.1, 0.15) is 28.8 Å². The van der Waals surface area contributed by atoms with Crippen molar-refractivity contribution in [3.05, 3.63) is 65.2 Å². The number of aromatic nitrogens is 1. The Balaban J connectivity index is 1.47. The summed E-state index contributed by atoms with van der Waals surface area (Å²) in [6, 6.07) is 15.2. The number of carbonyl (C=O) groups is 3. The molecule has 2 aliphatic heterocycles. The second-order valence-corrected chi connectivity index (χ2v) is 8.02. The van der Waals surface area contributed by atoms with Gasteiger partial charge in [0.25, 0.3) is 5.91 Å². The predicted molar refractivity (Wildman–Crippen MR) is 109 cm³/mol. The van der Waals surface area contributed by atoms with Crippen LogP contribution in [0.25, 0.3) is 21.7 Å². The maximum Gasteiger partial charge on any atom is 0.255 e. The van der Waals surface area contributed by atoms with Crippen LogP contribution >= 0.6 is 11.3 Å². The Kier molecular flexibility index (Phi) is 4.24. The number of nitrogens with one attached hydrogen (secondary N) is 1. The minimum Gasteiger partial charge on any atom is -0.322 e. The zero-order valence-corrected chi connectivity index (χ0v) is 16.2. The molecule has 7 heteroatoms. The summed E-state index contributed by atoms with van der Waals surface area (Å²) in [6.45, 7) is 0.369. The van der Waals surface area contributed by atoms with Crippen LogP contribution < -0.4 is 5.32 Å². The first-order valence-corrected chi connectivity index (χ1v) is 10.3. The van der Waals surface area contributed by atoms with Crippen molar-refractivity contribution in [2.24, 2.45) is 0 Å². The van der Waals surface area contributed by atoms with Crippen LogP contribution in [0.3, 0.4) is 0 Å². The van der Waals surface area contributed by atoms with Crippen LogP contribution in [0.2, 0.25) is 0 Å². The molecule has 3 amide bonds. The number of nitrogens with zero attached hydrogens (tertiary/aromatic N) is 2. The number of piperidine rings is 1. The summed E-state index contributed by atoms with van der Waals surface area (Å²) in [6.07, 6.45) is 0.618. The third-order valence-corrected chi connectivity index (χ3v) is 6.28. The molecule has 3 aromatic rings. The lowest BCUT2D eigenvalue weighted by atomic mass is 10.0. The zero-order valence-electron chi connectivity index (χ0n) is 15.4. The third-order valence-electron chi connectivity index (χ3n) is 5.40. The molecule has 0 radical (unpaired) electrons. The number of carbonyl (C=O) groups excluding carboxylic acids is 3. The lowest BCUT2D eigenvalue weighted by Gasteiger charge is -2.29. The minimum atomic E-state index is -0.598. The summed E-state index contributed by atoms with van der Waals surface area (Å²) in [5, 5.41) is 2.33. The van der Waals surface area contributed by atoms with Crippen molar-refractivity contribution < 1.29 is 14.4 Å². The Bertz CT molecular complexity index is 1140. The molecule has 0 aliphatic carbocycles. The van der Waals surface area contributed by atoms with Gasteiger partial charge in [-0.05, 0) is 29.7 Å². The summed E-state index contributed by atoms with van der Waals surface area (Å²) in [7, 11) is 0. The summed E-state index contributed by atoms with van der Waals surface area (Å²) >= 11 is 1.56. The van der Waals surface area contributed by atoms with Gasteiger partial charge in [-0.15, -0.1) is 11.3 Å². The van der Waals surface area contributed by atoms with Gasteiger partial charge in [-0.2, -0.15) is 0 Å². The normalized spacial score (nSPS) is 18.7. The lowest BCUT2D eigenvalue weighted by Crippen LogP contribution is -2.52. The Hall–Kier alpha value is -3.32. The van der Waals surface area contributed by atoms with Gasteiger partial charge in [0.15, 0.2) is 0 Å². The Morgan fingerprint density at radius 1 is 1.03 bits per heavy atom. The molecule has 144 valence electrons. The van der Waals surface area contributed by atoms with E-state index in [1.807, 2.05) is 54.0 Å². The number of rotatable bonds is 3. The number of hydrogen-bond donors (Lipinski definition) is 1. The predicted octanol–water partition coefficient (Wildman–Crippen LogP) is 3.24. The van der Waals surface area contributed by atoms with Crippen LogP contribution in [0, 0.1) is 0 Å². The molecule has 1 fully saturated rings. The van der Waals surface area contributed by atoms with Gasteiger partial charge in [-0.25, -0.2) is 4.98 Å². The molecule has 1 N–H and O–H groups in total. The fourth-order valence-electron chi connectivity index (χ4n) is 3.97. The highest BCUT2D eigenvalue weighted by Gasteiger charge is 2.39. The molecule has 29 heavy (non-hydrogen) atoms. The van der Waals surface area contributed by atoms with E-state index in [0.29, 0.717) is 18.5 Å². The second-order valence-electron chi connectivity index (χ2n) is 7.17. The average Bonchev–Trinajstić information content (AvgIpc) is 3.34. The van der Waals surface area contributed by atoms with Gasteiger partial charge in [0.1, 0.15) is 6.04 Å². The molecule has 3 heterocycles. The number of hydrogen-bond acceptors (Lipinski definition) is 5. The van der Waals surface area contributed by atoms with Gasteiger partial charge < -0.3 is 4.90 Å². The molecule has 0 saturated carbocycles. The van der Waals surface area contributed by atoms with Crippen molar-refractivity contribution in [3.8, 4) is 21.7 Å². The summed E-state index contributed by atoms with van der Waals surface area (Å²) in [5.74, 6) is -0.832. The SMILES string of the molecule is O=C1CCC(N2Cc3cc(-c4scnc4-c4ccccc4)ccc3C2=O)C(=O)N1. The summed E-state index contributed by atoms with van der Waals surface area (Å²) in [5.41, 5.74) is 6.30. The van der Waals surface area contributed by atoms with Crippen molar-refractivity contribution in [1.82, 2.24) is 15.2 Å². The largest absolute Gasteiger partial charge is 0.322 e. The molecule has 0 bridgehead atoms. The zero-order chi connectivity index (χ0) is 20.0. The van der Waals surface area contributed by atoms with Crippen molar-refractivity contribution in [2.75, 3.05) is 0 Å². The molecular formula is C22H17N3O3S. The van der Waals surface area contributed by atoms with Crippen LogP contribution in [0.15, 0.2) is 54.0 Å². The lowest BCUT2D eigenvalue weighted by molar-refractivity contribution is -0.136. The maximum atomic E-state index is 12.9. The molecule has 6 nitrogen and oxygen atoms in total. The van der Waals surface area contributed by atoms with Crippen LogP contribution in [-0.4, -0.2) is 33.6 Å². The smallest absolute Gasteiger partial charge is 0.255 e. The Morgan fingerprint density at radius 3 is 2.66 bits per heavy atom. The molecule has 1 unspecified atom stereocenters. The van der Waals surface area contributed by atoms with Crippen LogP contribution in [0.4, 0.5) is 0 Å². The van der Waals surface area contributed by atoms with Crippen LogP contribution in [-0.2, 0) is 16.1 Å².